The standard InChI is InChI=1S/C23H26N6OS2/c1-5-6-12-20-15(2)24-21-26-22(27-29(21)16(20)3)31-13-18-14-32-23(25-18)28(17(4)30)19-10-8-7-9-11-19/h7-11,14H,5-6,12-13H2,1-4H3. The van der Waals surface area contributed by atoms with E-state index in [4.69, 9.17) is 0 Å². The molecule has 0 saturated heterocycles. The number of carbonyl (C=O) groups is 1. The summed E-state index contributed by atoms with van der Waals surface area (Å²) in [6.45, 7) is 7.88. The quantitative estimate of drug-likeness (QED) is 0.318. The summed E-state index contributed by atoms with van der Waals surface area (Å²) < 4.78 is 1.85. The number of hydrogen-bond acceptors (Lipinski definition) is 7. The molecule has 3 heterocycles. The number of para-hydroxylation sites is 1. The van der Waals surface area contributed by atoms with Crippen molar-refractivity contribution in [2.75, 3.05) is 4.90 Å². The zero-order valence-corrected chi connectivity index (χ0v) is 20.3. The topological polar surface area (TPSA) is 76.3 Å². The van der Waals surface area contributed by atoms with Gasteiger partial charge in [-0.15, -0.1) is 16.4 Å². The molecular formula is C23H26N6OS2. The van der Waals surface area contributed by atoms with Crippen LogP contribution in [0, 0.1) is 13.8 Å². The fourth-order valence-corrected chi connectivity index (χ4v) is 5.28. The minimum Gasteiger partial charge on any atom is -0.274 e. The minimum absolute atomic E-state index is 0.0671. The molecule has 0 saturated carbocycles. The first-order valence-corrected chi connectivity index (χ1v) is 12.5. The van der Waals surface area contributed by atoms with Gasteiger partial charge in [-0.05, 0) is 44.4 Å². The van der Waals surface area contributed by atoms with Crippen LogP contribution in [-0.4, -0.2) is 30.5 Å². The van der Waals surface area contributed by atoms with Crippen LogP contribution in [0.5, 0.6) is 0 Å². The average Bonchev–Trinajstić information content (AvgIpc) is 3.40. The number of fused-ring (bicyclic) bond motifs is 1. The summed E-state index contributed by atoms with van der Waals surface area (Å²) in [5, 5.41) is 7.99. The summed E-state index contributed by atoms with van der Waals surface area (Å²) in [7, 11) is 0. The predicted octanol–water partition coefficient (Wildman–Crippen LogP) is 5.52. The number of aromatic nitrogens is 5. The summed E-state index contributed by atoms with van der Waals surface area (Å²) >= 11 is 2.98. The van der Waals surface area contributed by atoms with Crippen LogP contribution in [0.15, 0.2) is 40.9 Å². The van der Waals surface area contributed by atoms with Crippen molar-refractivity contribution in [3.05, 3.63) is 58.4 Å². The van der Waals surface area contributed by atoms with E-state index >= 15 is 0 Å². The Morgan fingerprint density at radius 3 is 2.66 bits per heavy atom. The van der Waals surface area contributed by atoms with Crippen LogP contribution in [0.25, 0.3) is 5.78 Å². The average molecular weight is 467 g/mol. The Hall–Kier alpha value is -2.78. The first kappa shape index (κ1) is 22.4. The van der Waals surface area contributed by atoms with Crippen LogP contribution in [0.4, 0.5) is 10.8 Å². The van der Waals surface area contributed by atoms with Gasteiger partial charge in [0.2, 0.25) is 11.1 Å². The first-order valence-electron chi connectivity index (χ1n) is 10.6. The summed E-state index contributed by atoms with van der Waals surface area (Å²) in [5.74, 6) is 1.19. The fourth-order valence-electron chi connectivity index (χ4n) is 3.57. The molecule has 0 aliphatic carbocycles. The molecule has 9 heteroatoms. The first-order chi connectivity index (χ1) is 15.5. The highest BCUT2D eigenvalue weighted by Crippen LogP contribution is 2.30. The number of amides is 1. The Morgan fingerprint density at radius 1 is 1.16 bits per heavy atom. The van der Waals surface area contributed by atoms with Crippen molar-refractivity contribution in [1.29, 1.82) is 0 Å². The van der Waals surface area contributed by atoms with Crippen molar-refractivity contribution in [3.8, 4) is 0 Å². The maximum absolute atomic E-state index is 12.2. The molecule has 0 aliphatic rings. The normalized spacial score (nSPS) is 11.2. The lowest BCUT2D eigenvalue weighted by Gasteiger charge is -2.17. The van der Waals surface area contributed by atoms with Crippen molar-refractivity contribution in [2.45, 2.75) is 57.9 Å². The second-order valence-corrected chi connectivity index (χ2v) is 9.35. The molecule has 4 aromatic rings. The smallest absolute Gasteiger partial charge is 0.253 e. The number of thioether (sulfide) groups is 1. The van der Waals surface area contributed by atoms with Crippen molar-refractivity contribution >= 4 is 45.6 Å². The van der Waals surface area contributed by atoms with Crippen LogP contribution in [0.1, 0.15) is 49.3 Å². The van der Waals surface area contributed by atoms with Gasteiger partial charge in [-0.2, -0.15) is 4.98 Å². The number of rotatable bonds is 8. The van der Waals surface area contributed by atoms with Crippen molar-refractivity contribution in [2.24, 2.45) is 0 Å². The van der Waals surface area contributed by atoms with Crippen LogP contribution < -0.4 is 4.90 Å². The third-order valence-electron chi connectivity index (χ3n) is 5.22. The zero-order valence-electron chi connectivity index (χ0n) is 18.7. The summed E-state index contributed by atoms with van der Waals surface area (Å²) in [6, 6.07) is 9.57. The Bertz CT molecular complexity index is 1230. The predicted molar refractivity (Wildman–Crippen MR) is 130 cm³/mol. The SMILES string of the molecule is CCCCc1c(C)nc2nc(SCc3csc(N(C(C)=O)c4ccccc4)n3)nn2c1C. The molecule has 0 atom stereocenters. The fraction of sp³-hybridized carbons (Fsp3) is 0.348. The van der Waals surface area contributed by atoms with Crippen LogP contribution in [0.2, 0.25) is 0 Å². The molecular weight excluding hydrogens is 440 g/mol. The molecule has 0 unspecified atom stereocenters. The van der Waals surface area contributed by atoms with Gasteiger partial charge in [0.15, 0.2) is 5.13 Å². The highest BCUT2D eigenvalue weighted by molar-refractivity contribution is 7.98. The van der Waals surface area contributed by atoms with E-state index in [1.165, 1.54) is 28.7 Å². The number of aryl methyl sites for hydroxylation is 2. The van der Waals surface area contributed by atoms with Gasteiger partial charge in [-0.1, -0.05) is 43.3 Å². The van der Waals surface area contributed by atoms with E-state index in [2.05, 4.69) is 33.9 Å². The molecule has 0 bridgehead atoms. The van der Waals surface area contributed by atoms with Gasteiger partial charge in [0, 0.05) is 29.4 Å². The molecule has 0 aliphatic heterocycles. The third-order valence-corrected chi connectivity index (χ3v) is 6.97. The molecule has 7 nitrogen and oxygen atoms in total. The Labute approximate surface area is 195 Å². The van der Waals surface area contributed by atoms with Gasteiger partial charge in [-0.3, -0.25) is 9.69 Å². The molecule has 0 radical (unpaired) electrons. The third kappa shape index (κ3) is 4.68. The lowest BCUT2D eigenvalue weighted by molar-refractivity contribution is -0.115. The molecule has 0 N–H and O–H groups in total. The number of carbonyl (C=O) groups excluding carboxylic acids is 1. The Balaban J connectivity index is 1.51. The molecule has 32 heavy (non-hydrogen) atoms. The monoisotopic (exact) mass is 466 g/mol. The lowest BCUT2D eigenvalue weighted by atomic mass is 10.1. The molecule has 1 amide bonds. The van der Waals surface area contributed by atoms with E-state index in [0.717, 1.165) is 42.0 Å². The molecule has 4 rings (SSSR count). The number of hydrogen-bond donors (Lipinski definition) is 0. The highest BCUT2D eigenvalue weighted by atomic mass is 32.2. The summed E-state index contributed by atoms with van der Waals surface area (Å²) in [5.41, 5.74) is 5.10. The molecule has 0 fully saturated rings. The van der Waals surface area contributed by atoms with Gasteiger partial charge in [0.25, 0.3) is 5.78 Å². The van der Waals surface area contributed by atoms with E-state index in [0.29, 0.717) is 21.8 Å². The van der Waals surface area contributed by atoms with Gasteiger partial charge >= 0.3 is 0 Å². The number of unbranched alkanes of at least 4 members (excludes halogenated alkanes) is 1. The number of anilines is 2. The molecule has 166 valence electrons. The van der Waals surface area contributed by atoms with Crippen molar-refractivity contribution in [3.63, 3.8) is 0 Å². The van der Waals surface area contributed by atoms with E-state index in [1.54, 1.807) is 11.8 Å². The maximum Gasteiger partial charge on any atom is 0.253 e. The summed E-state index contributed by atoms with van der Waals surface area (Å²) in [4.78, 5) is 27.8. The summed E-state index contributed by atoms with van der Waals surface area (Å²) in [6.07, 6.45) is 3.29. The van der Waals surface area contributed by atoms with E-state index in [9.17, 15) is 4.79 Å². The maximum atomic E-state index is 12.2. The molecule has 0 spiro atoms. The highest BCUT2D eigenvalue weighted by Gasteiger charge is 2.18. The molecule has 3 aromatic heterocycles. The number of benzene rings is 1. The van der Waals surface area contributed by atoms with Crippen LogP contribution >= 0.6 is 23.1 Å². The van der Waals surface area contributed by atoms with Crippen LogP contribution in [0.3, 0.4) is 0 Å². The van der Waals surface area contributed by atoms with Crippen LogP contribution in [-0.2, 0) is 17.0 Å². The van der Waals surface area contributed by atoms with Crippen molar-refractivity contribution < 1.29 is 4.79 Å². The zero-order chi connectivity index (χ0) is 22.7. The Kier molecular flexibility index (Phi) is 6.86. The van der Waals surface area contributed by atoms with E-state index in [1.807, 2.05) is 47.2 Å². The van der Waals surface area contributed by atoms with Crippen molar-refractivity contribution in [1.82, 2.24) is 24.6 Å². The largest absolute Gasteiger partial charge is 0.274 e. The lowest BCUT2D eigenvalue weighted by Crippen LogP contribution is -2.22. The van der Waals surface area contributed by atoms with E-state index in [-0.39, 0.29) is 5.91 Å². The number of nitrogens with zero attached hydrogens (tertiary/aromatic N) is 6. The van der Waals surface area contributed by atoms with Gasteiger partial charge in [0.05, 0.1) is 11.4 Å². The second-order valence-electron chi connectivity index (χ2n) is 7.57. The van der Waals surface area contributed by atoms with Gasteiger partial charge in [0.1, 0.15) is 0 Å². The van der Waals surface area contributed by atoms with E-state index < -0.39 is 0 Å². The van der Waals surface area contributed by atoms with Gasteiger partial charge in [-0.25, -0.2) is 14.5 Å². The Morgan fingerprint density at radius 2 is 1.94 bits per heavy atom. The number of thiazole rings is 1. The minimum atomic E-state index is -0.0671. The second kappa shape index (κ2) is 9.79. The van der Waals surface area contributed by atoms with Gasteiger partial charge < -0.3 is 0 Å². The molecule has 1 aromatic carbocycles.